The number of rotatable bonds is 5. The van der Waals surface area contributed by atoms with Gasteiger partial charge in [-0.1, -0.05) is 28.1 Å². The maximum absolute atomic E-state index is 5.44. The molecule has 0 aliphatic heterocycles. The zero-order valence-electron chi connectivity index (χ0n) is 11.0. The number of alkyl halides is 1. The maximum atomic E-state index is 5.44. The van der Waals surface area contributed by atoms with Crippen LogP contribution in [0.15, 0.2) is 30.5 Å². The topological polar surface area (TPSA) is 25.4 Å². The highest BCUT2D eigenvalue weighted by molar-refractivity contribution is 9.09. The van der Waals surface area contributed by atoms with Crippen molar-refractivity contribution in [3.05, 3.63) is 30.5 Å². The van der Waals surface area contributed by atoms with Gasteiger partial charge < -0.3 is 9.64 Å². The molecule has 0 amide bonds. The molecule has 1 aliphatic carbocycles. The van der Waals surface area contributed by atoms with Crippen LogP contribution in [0.25, 0.3) is 10.8 Å². The highest BCUT2D eigenvalue weighted by Gasteiger charge is 2.30. The third-order valence-corrected chi connectivity index (χ3v) is 3.90. The average molecular weight is 321 g/mol. The van der Waals surface area contributed by atoms with Gasteiger partial charge >= 0.3 is 0 Å². The van der Waals surface area contributed by atoms with Crippen LogP contribution < -0.4 is 9.64 Å². The largest absolute Gasteiger partial charge is 0.496 e. The number of ether oxygens (including phenoxy) is 1. The third-order valence-electron chi connectivity index (χ3n) is 3.55. The van der Waals surface area contributed by atoms with Crippen LogP contribution in [0, 0.1) is 0 Å². The van der Waals surface area contributed by atoms with E-state index in [4.69, 9.17) is 4.74 Å². The molecule has 1 aliphatic rings. The van der Waals surface area contributed by atoms with Gasteiger partial charge in [-0.15, -0.1) is 0 Å². The summed E-state index contributed by atoms with van der Waals surface area (Å²) < 4.78 is 5.44. The van der Waals surface area contributed by atoms with Crippen LogP contribution >= 0.6 is 15.9 Å². The van der Waals surface area contributed by atoms with Crippen LogP contribution in [-0.2, 0) is 0 Å². The Kier molecular flexibility index (Phi) is 3.60. The lowest BCUT2D eigenvalue weighted by atomic mass is 10.1. The first-order chi connectivity index (χ1) is 9.35. The summed E-state index contributed by atoms with van der Waals surface area (Å²) in [5.41, 5.74) is 0. The number of aromatic nitrogens is 1. The van der Waals surface area contributed by atoms with Gasteiger partial charge in [0, 0.05) is 34.9 Å². The van der Waals surface area contributed by atoms with E-state index in [1.165, 1.54) is 18.2 Å². The van der Waals surface area contributed by atoms with Gasteiger partial charge in [0.15, 0.2) is 0 Å². The van der Waals surface area contributed by atoms with Gasteiger partial charge in [0.1, 0.15) is 11.6 Å². The molecular weight excluding hydrogens is 304 g/mol. The minimum atomic E-state index is 0.654. The van der Waals surface area contributed by atoms with Crippen molar-refractivity contribution >= 4 is 32.5 Å². The van der Waals surface area contributed by atoms with Crippen molar-refractivity contribution in [1.82, 2.24) is 4.98 Å². The van der Waals surface area contributed by atoms with Gasteiger partial charge in [0.25, 0.3) is 0 Å². The molecule has 0 bridgehead atoms. The number of nitrogens with zero attached hydrogens (tertiary/aromatic N) is 2. The number of methoxy groups -OCH3 is 1. The molecule has 1 heterocycles. The molecule has 0 N–H and O–H groups in total. The summed E-state index contributed by atoms with van der Waals surface area (Å²) in [6, 6.07) is 8.84. The van der Waals surface area contributed by atoms with Crippen LogP contribution in [0.3, 0.4) is 0 Å². The Balaban J connectivity index is 2.12. The van der Waals surface area contributed by atoms with Gasteiger partial charge in [0.05, 0.1) is 7.11 Å². The van der Waals surface area contributed by atoms with Gasteiger partial charge in [-0.05, 0) is 25.0 Å². The number of halogens is 1. The highest BCUT2D eigenvalue weighted by Crippen LogP contribution is 2.36. The van der Waals surface area contributed by atoms with E-state index in [1.807, 2.05) is 24.4 Å². The van der Waals surface area contributed by atoms with E-state index in [2.05, 4.69) is 31.9 Å². The van der Waals surface area contributed by atoms with Crippen LogP contribution in [0.1, 0.15) is 12.8 Å². The molecule has 2 aromatic rings. The average Bonchev–Trinajstić information content (AvgIpc) is 3.28. The number of fused-ring (bicyclic) bond motifs is 1. The van der Waals surface area contributed by atoms with E-state index in [0.29, 0.717) is 6.04 Å². The molecule has 1 saturated carbocycles. The third kappa shape index (κ3) is 2.41. The molecule has 1 aromatic carbocycles. The molecule has 4 heteroatoms. The Labute approximate surface area is 121 Å². The van der Waals surface area contributed by atoms with Crippen LogP contribution in [0.2, 0.25) is 0 Å². The fraction of sp³-hybridized carbons (Fsp3) is 0.400. The van der Waals surface area contributed by atoms with Gasteiger partial charge in [0.2, 0.25) is 0 Å². The molecule has 100 valence electrons. The fourth-order valence-electron chi connectivity index (χ4n) is 2.51. The minimum Gasteiger partial charge on any atom is -0.496 e. The lowest BCUT2D eigenvalue weighted by Crippen LogP contribution is -2.28. The molecule has 1 aromatic heterocycles. The Hall–Kier alpha value is -1.29. The van der Waals surface area contributed by atoms with Gasteiger partial charge in [-0.3, -0.25) is 0 Å². The first kappa shape index (κ1) is 12.7. The highest BCUT2D eigenvalue weighted by atomic mass is 79.9. The molecular formula is C15H17BrN2O. The summed E-state index contributed by atoms with van der Waals surface area (Å²) in [6.07, 6.45) is 4.42. The molecule has 0 atom stereocenters. The lowest BCUT2D eigenvalue weighted by Gasteiger charge is -2.24. The molecule has 0 saturated heterocycles. The van der Waals surface area contributed by atoms with Crippen molar-refractivity contribution in [2.45, 2.75) is 18.9 Å². The zero-order chi connectivity index (χ0) is 13.2. The molecule has 0 spiro atoms. The van der Waals surface area contributed by atoms with Crippen LogP contribution in [0.4, 0.5) is 5.82 Å². The molecule has 1 fully saturated rings. The van der Waals surface area contributed by atoms with E-state index < -0.39 is 0 Å². The summed E-state index contributed by atoms with van der Waals surface area (Å²) in [4.78, 5) is 7.03. The molecule has 19 heavy (non-hydrogen) atoms. The Morgan fingerprint density at radius 2 is 2.16 bits per heavy atom. The fourth-order valence-corrected chi connectivity index (χ4v) is 2.89. The second-order valence-corrected chi connectivity index (χ2v) is 5.60. The normalized spacial score (nSPS) is 14.6. The molecule has 0 radical (unpaired) electrons. The summed E-state index contributed by atoms with van der Waals surface area (Å²) in [7, 11) is 1.71. The van der Waals surface area contributed by atoms with E-state index in [9.17, 15) is 0 Å². The van der Waals surface area contributed by atoms with Crippen LogP contribution in [-0.4, -0.2) is 30.0 Å². The van der Waals surface area contributed by atoms with E-state index in [0.717, 1.165) is 28.8 Å². The smallest absolute Gasteiger partial charge is 0.136 e. The van der Waals surface area contributed by atoms with E-state index in [-0.39, 0.29) is 0 Å². The number of anilines is 1. The summed E-state index contributed by atoms with van der Waals surface area (Å²) >= 11 is 3.54. The second kappa shape index (κ2) is 5.37. The first-order valence-electron chi connectivity index (χ1n) is 6.59. The summed E-state index contributed by atoms with van der Waals surface area (Å²) in [6.45, 7) is 0.994. The Bertz CT molecular complexity index is 583. The zero-order valence-corrected chi connectivity index (χ0v) is 12.6. The number of hydrogen-bond acceptors (Lipinski definition) is 3. The van der Waals surface area contributed by atoms with Crippen molar-refractivity contribution in [1.29, 1.82) is 0 Å². The molecule has 0 unspecified atom stereocenters. The van der Waals surface area contributed by atoms with Gasteiger partial charge in [-0.2, -0.15) is 0 Å². The van der Waals surface area contributed by atoms with E-state index >= 15 is 0 Å². The van der Waals surface area contributed by atoms with Crippen molar-refractivity contribution in [2.24, 2.45) is 0 Å². The lowest BCUT2D eigenvalue weighted by molar-refractivity contribution is 0.420. The minimum absolute atomic E-state index is 0.654. The van der Waals surface area contributed by atoms with Crippen molar-refractivity contribution < 1.29 is 4.74 Å². The Morgan fingerprint density at radius 3 is 2.84 bits per heavy atom. The quantitative estimate of drug-likeness (QED) is 0.787. The second-order valence-electron chi connectivity index (χ2n) is 4.80. The van der Waals surface area contributed by atoms with Crippen molar-refractivity contribution in [3.8, 4) is 5.75 Å². The Morgan fingerprint density at radius 1 is 1.32 bits per heavy atom. The van der Waals surface area contributed by atoms with Crippen molar-refractivity contribution in [3.63, 3.8) is 0 Å². The maximum Gasteiger partial charge on any atom is 0.136 e. The van der Waals surface area contributed by atoms with Crippen LogP contribution in [0.5, 0.6) is 5.75 Å². The molecule has 3 nitrogen and oxygen atoms in total. The predicted molar refractivity (Wildman–Crippen MR) is 82.5 cm³/mol. The summed E-state index contributed by atoms with van der Waals surface area (Å²) in [5, 5.41) is 3.27. The number of benzene rings is 1. The SMILES string of the molecule is COc1cccc2c(N(CCBr)C3CC3)nccc12. The standard InChI is InChI=1S/C15H17BrN2O/c1-19-14-4-2-3-13-12(14)7-9-17-15(13)18(10-8-16)11-5-6-11/h2-4,7,9,11H,5-6,8,10H2,1H3. The van der Waals surface area contributed by atoms with Crippen molar-refractivity contribution in [2.75, 3.05) is 23.9 Å². The monoisotopic (exact) mass is 320 g/mol. The first-order valence-corrected chi connectivity index (χ1v) is 7.71. The number of hydrogen-bond donors (Lipinski definition) is 0. The van der Waals surface area contributed by atoms with Gasteiger partial charge in [-0.25, -0.2) is 4.98 Å². The summed E-state index contributed by atoms with van der Waals surface area (Å²) in [5.74, 6) is 1.99. The number of pyridine rings is 1. The predicted octanol–water partition coefficient (Wildman–Crippen LogP) is 3.61. The van der Waals surface area contributed by atoms with E-state index in [1.54, 1.807) is 7.11 Å². The molecule has 3 rings (SSSR count).